The molecule has 1 saturated heterocycles. The zero-order valence-corrected chi connectivity index (χ0v) is 14.2. The smallest absolute Gasteiger partial charge is 0.0642 e. The van der Waals surface area contributed by atoms with Crippen LogP contribution in [0.2, 0.25) is 5.02 Å². The third-order valence-electron chi connectivity index (χ3n) is 4.30. The van der Waals surface area contributed by atoms with Gasteiger partial charge in [0.05, 0.1) is 17.3 Å². The summed E-state index contributed by atoms with van der Waals surface area (Å²) in [5, 5.41) is 4.28. The zero-order chi connectivity index (χ0) is 15.3. The Morgan fingerprint density at radius 1 is 1.29 bits per heavy atom. The van der Waals surface area contributed by atoms with E-state index in [1.54, 1.807) is 7.11 Å². The minimum atomic E-state index is 0.453. The van der Waals surface area contributed by atoms with Gasteiger partial charge in [0.15, 0.2) is 0 Å². The standard InChI is InChI=1S/C17H27ClN2O/c1-17(2)7-10-20(11-8-17)16-14(5-4-6-15(16)18)13-19-9-12-21-3/h4-6,19H,7-13H2,1-3H3. The molecule has 0 amide bonds. The fraction of sp³-hybridized carbons (Fsp3) is 0.647. The summed E-state index contributed by atoms with van der Waals surface area (Å²) in [6, 6.07) is 6.20. The van der Waals surface area contributed by atoms with E-state index >= 15 is 0 Å². The van der Waals surface area contributed by atoms with Crippen LogP contribution >= 0.6 is 11.6 Å². The van der Waals surface area contributed by atoms with Crippen molar-refractivity contribution in [1.82, 2.24) is 5.32 Å². The Labute approximate surface area is 133 Å². The molecule has 1 aromatic rings. The second-order valence-electron chi connectivity index (χ2n) is 6.57. The van der Waals surface area contributed by atoms with Gasteiger partial charge in [-0.2, -0.15) is 0 Å². The Hall–Kier alpha value is -0.770. The van der Waals surface area contributed by atoms with E-state index in [2.05, 4.69) is 30.1 Å². The van der Waals surface area contributed by atoms with Crippen LogP contribution < -0.4 is 10.2 Å². The molecule has 1 fully saturated rings. The number of ether oxygens (including phenoxy) is 1. The predicted octanol–water partition coefficient (Wildman–Crippen LogP) is 3.70. The molecule has 118 valence electrons. The Kier molecular flexibility index (Phi) is 5.91. The fourth-order valence-corrected chi connectivity index (χ4v) is 3.10. The molecule has 1 aliphatic heterocycles. The van der Waals surface area contributed by atoms with Crippen LogP contribution in [0.1, 0.15) is 32.3 Å². The molecular formula is C17H27ClN2O. The minimum Gasteiger partial charge on any atom is -0.383 e. The van der Waals surface area contributed by atoms with Crippen LogP contribution in [0.25, 0.3) is 0 Å². The van der Waals surface area contributed by atoms with Gasteiger partial charge in [-0.3, -0.25) is 0 Å². The highest BCUT2D eigenvalue weighted by atomic mass is 35.5. The topological polar surface area (TPSA) is 24.5 Å². The Balaban J connectivity index is 2.07. The first-order valence-corrected chi connectivity index (χ1v) is 8.13. The van der Waals surface area contributed by atoms with Crippen LogP contribution in [0.3, 0.4) is 0 Å². The SMILES string of the molecule is COCCNCc1cccc(Cl)c1N1CCC(C)(C)CC1. The molecule has 21 heavy (non-hydrogen) atoms. The molecule has 4 heteroatoms. The summed E-state index contributed by atoms with van der Waals surface area (Å²) in [7, 11) is 1.72. The lowest BCUT2D eigenvalue weighted by Crippen LogP contribution is -2.38. The third kappa shape index (κ3) is 4.60. The fourth-order valence-electron chi connectivity index (χ4n) is 2.79. The molecule has 1 heterocycles. The molecule has 0 aromatic heterocycles. The van der Waals surface area contributed by atoms with Gasteiger partial charge < -0.3 is 15.0 Å². The van der Waals surface area contributed by atoms with Gasteiger partial charge >= 0.3 is 0 Å². The van der Waals surface area contributed by atoms with Crippen molar-refractivity contribution in [3.63, 3.8) is 0 Å². The first kappa shape index (κ1) is 16.6. The Bertz CT molecular complexity index is 452. The lowest BCUT2D eigenvalue weighted by Gasteiger charge is -2.39. The first-order valence-electron chi connectivity index (χ1n) is 7.75. The quantitative estimate of drug-likeness (QED) is 0.811. The van der Waals surface area contributed by atoms with Gasteiger partial charge in [-0.15, -0.1) is 0 Å². The summed E-state index contributed by atoms with van der Waals surface area (Å²) in [4.78, 5) is 2.45. The summed E-state index contributed by atoms with van der Waals surface area (Å²) in [6.45, 7) is 9.29. The van der Waals surface area contributed by atoms with Gasteiger partial charge in [-0.25, -0.2) is 0 Å². The molecule has 1 aromatic carbocycles. The van der Waals surface area contributed by atoms with Crippen molar-refractivity contribution in [3.8, 4) is 0 Å². The van der Waals surface area contributed by atoms with E-state index in [0.717, 1.165) is 37.8 Å². The van der Waals surface area contributed by atoms with Crippen molar-refractivity contribution < 1.29 is 4.74 Å². The zero-order valence-electron chi connectivity index (χ0n) is 13.4. The highest BCUT2D eigenvalue weighted by Gasteiger charge is 2.27. The molecule has 2 rings (SSSR count). The van der Waals surface area contributed by atoms with Crippen molar-refractivity contribution >= 4 is 17.3 Å². The predicted molar refractivity (Wildman–Crippen MR) is 90.3 cm³/mol. The van der Waals surface area contributed by atoms with Crippen molar-refractivity contribution in [1.29, 1.82) is 0 Å². The number of nitrogens with one attached hydrogen (secondary N) is 1. The maximum atomic E-state index is 6.48. The van der Waals surface area contributed by atoms with Crippen molar-refractivity contribution in [3.05, 3.63) is 28.8 Å². The molecule has 0 saturated carbocycles. The van der Waals surface area contributed by atoms with Gasteiger partial charge in [-0.05, 0) is 29.9 Å². The van der Waals surface area contributed by atoms with E-state index in [4.69, 9.17) is 16.3 Å². The number of rotatable bonds is 6. The Morgan fingerprint density at radius 3 is 2.67 bits per heavy atom. The van der Waals surface area contributed by atoms with Crippen LogP contribution in [0.4, 0.5) is 5.69 Å². The average Bonchev–Trinajstić information content (AvgIpc) is 2.45. The van der Waals surface area contributed by atoms with Gasteiger partial charge in [-0.1, -0.05) is 37.6 Å². The largest absolute Gasteiger partial charge is 0.383 e. The molecule has 3 nitrogen and oxygen atoms in total. The van der Waals surface area contributed by atoms with Gasteiger partial charge in [0.25, 0.3) is 0 Å². The number of hydrogen-bond donors (Lipinski definition) is 1. The summed E-state index contributed by atoms with van der Waals surface area (Å²) < 4.78 is 5.07. The lowest BCUT2D eigenvalue weighted by atomic mass is 9.82. The van der Waals surface area contributed by atoms with E-state index in [1.165, 1.54) is 24.1 Å². The molecule has 0 radical (unpaired) electrons. The van der Waals surface area contributed by atoms with Crippen LogP contribution in [0.5, 0.6) is 0 Å². The molecule has 0 bridgehead atoms. The number of piperidine rings is 1. The summed E-state index contributed by atoms with van der Waals surface area (Å²) in [5.74, 6) is 0. The van der Waals surface area contributed by atoms with E-state index in [-0.39, 0.29) is 0 Å². The number of para-hydroxylation sites is 1. The molecule has 0 atom stereocenters. The number of benzene rings is 1. The van der Waals surface area contributed by atoms with Gasteiger partial charge in [0.2, 0.25) is 0 Å². The normalized spacial score (nSPS) is 18.0. The molecule has 1 N–H and O–H groups in total. The maximum Gasteiger partial charge on any atom is 0.0642 e. The van der Waals surface area contributed by atoms with E-state index in [0.29, 0.717) is 5.41 Å². The average molecular weight is 311 g/mol. The van der Waals surface area contributed by atoms with Gasteiger partial charge in [0.1, 0.15) is 0 Å². The number of methoxy groups -OCH3 is 1. The molecule has 0 aliphatic carbocycles. The molecule has 0 unspecified atom stereocenters. The minimum absolute atomic E-state index is 0.453. The van der Waals surface area contributed by atoms with Crippen molar-refractivity contribution in [2.75, 3.05) is 38.3 Å². The second-order valence-corrected chi connectivity index (χ2v) is 6.98. The highest BCUT2D eigenvalue weighted by molar-refractivity contribution is 6.33. The number of anilines is 1. The molecule has 0 spiro atoms. The van der Waals surface area contributed by atoms with Crippen LogP contribution in [0, 0.1) is 5.41 Å². The maximum absolute atomic E-state index is 6.48. The lowest BCUT2D eigenvalue weighted by molar-refractivity contribution is 0.199. The van der Waals surface area contributed by atoms with Crippen molar-refractivity contribution in [2.24, 2.45) is 5.41 Å². The van der Waals surface area contributed by atoms with Crippen LogP contribution in [-0.2, 0) is 11.3 Å². The highest BCUT2D eigenvalue weighted by Crippen LogP contribution is 2.36. The Morgan fingerprint density at radius 2 is 2.00 bits per heavy atom. The number of hydrogen-bond acceptors (Lipinski definition) is 3. The van der Waals surface area contributed by atoms with Crippen LogP contribution in [-0.4, -0.2) is 33.4 Å². The van der Waals surface area contributed by atoms with Crippen molar-refractivity contribution in [2.45, 2.75) is 33.2 Å². The summed E-state index contributed by atoms with van der Waals surface area (Å²) in [5.41, 5.74) is 2.94. The molecule has 1 aliphatic rings. The monoisotopic (exact) mass is 310 g/mol. The second kappa shape index (κ2) is 7.48. The first-order chi connectivity index (χ1) is 10.0. The summed E-state index contributed by atoms with van der Waals surface area (Å²) >= 11 is 6.48. The van der Waals surface area contributed by atoms with E-state index in [1.807, 2.05) is 12.1 Å². The van der Waals surface area contributed by atoms with E-state index in [9.17, 15) is 0 Å². The summed E-state index contributed by atoms with van der Waals surface area (Å²) in [6.07, 6.45) is 2.43. The molecular weight excluding hydrogens is 284 g/mol. The third-order valence-corrected chi connectivity index (χ3v) is 4.61. The van der Waals surface area contributed by atoms with Gasteiger partial charge in [0, 0.05) is 33.3 Å². The number of nitrogens with zero attached hydrogens (tertiary/aromatic N) is 1. The van der Waals surface area contributed by atoms with Crippen LogP contribution in [0.15, 0.2) is 18.2 Å². The number of halogens is 1. The van der Waals surface area contributed by atoms with E-state index < -0.39 is 0 Å².